The quantitative estimate of drug-likeness (QED) is 0.552. The van der Waals surface area contributed by atoms with Crippen LogP contribution < -0.4 is 9.46 Å². The standard InChI is InChI=1S/C24H24F5NO5S2/c1-2-14-11-16-17-12-35-22-19(26)8-7-18(25)21(22)23(17,10-9-20(16)30-37(14,33)34)36(31,32)15-5-3-13(4-6-15)24(27,28)29/h3-8,14,16-17,20,30H,2,9-12H2,1H3/t14-,16?,17+,20-,23+/m1/s1. The maximum Gasteiger partial charge on any atom is 0.416 e. The lowest BCUT2D eigenvalue weighted by atomic mass is 9.64. The highest BCUT2D eigenvalue weighted by atomic mass is 32.2. The average molecular weight is 566 g/mol. The van der Waals surface area contributed by atoms with Gasteiger partial charge in [-0.1, -0.05) is 6.92 Å². The molecule has 2 aromatic carbocycles. The van der Waals surface area contributed by atoms with Gasteiger partial charge in [0.2, 0.25) is 10.0 Å². The summed E-state index contributed by atoms with van der Waals surface area (Å²) >= 11 is 0. The van der Waals surface area contributed by atoms with Gasteiger partial charge < -0.3 is 4.74 Å². The molecule has 2 aliphatic heterocycles. The van der Waals surface area contributed by atoms with Crippen molar-refractivity contribution in [1.82, 2.24) is 4.72 Å². The number of alkyl halides is 3. The zero-order valence-corrected chi connectivity index (χ0v) is 21.2. The first-order chi connectivity index (χ1) is 17.2. The zero-order valence-electron chi connectivity index (χ0n) is 19.6. The van der Waals surface area contributed by atoms with Crippen molar-refractivity contribution in [1.29, 1.82) is 0 Å². The normalized spacial score (nSPS) is 31.0. The van der Waals surface area contributed by atoms with E-state index in [1.165, 1.54) is 0 Å². The summed E-state index contributed by atoms with van der Waals surface area (Å²) in [6, 6.07) is 3.88. The van der Waals surface area contributed by atoms with Gasteiger partial charge in [0.25, 0.3) is 0 Å². The molecule has 6 nitrogen and oxygen atoms in total. The minimum atomic E-state index is -4.70. The van der Waals surface area contributed by atoms with E-state index < -0.39 is 87.3 Å². The monoisotopic (exact) mass is 565 g/mol. The van der Waals surface area contributed by atoms with Gasteiger partial charge in [0.05, 0.1) is 27.9 Å². The molecule has 0 aromatic heterocycles. The van der Waals surface area contributed by atoms with Gasteiger partial charge in [-0.2, -0.15) is 13.2 Å². The third-order valence-corrected chi connectivity index (χ3v) is 12.7. The number of sulfonamides is 1. The Morgan fingerprint density at radius 2 is 1.73 bits per heavy atom. The van der Waals surface area contributed by atoms with Crippen LogP contribution in [0.4, 0.5) is 22.0 Å². The highest BCUT2D eigenvalue weighted by Gasteiger charge is 2.64. The molecule has 2 fully saturated rings. The summed E-state index contributed by atoms with van der Waals surface area (Å²) in [6.45, 7) is 1.35. The SMILES string of the molecule is CC[C@@H]1CC2[C@@H](CC[C@@]3(S(=O)(=O)c4ccc(C(F)(F)F)cc4)c4c(F)ccc(F)c4OC[C@@H]23)NS1(=O)=O. The minimum absolute atomic E-state index is 0.00604. The average Bonchev–Trinajstić information content (AvgIpc) is 2.84. The van der Waals surface area contributed by atoms with Crippen LogP contribution in [0.25, 0.3) is 0 Å². The molecule has 0 bridgehead atoms. The second kappa shape index (κ2) is 8.63. The molecule has 1 unspecified atom stereocenters. The van der Waals surface area contributed by atoms with Crippen molar-refractivity contribution in [2.45, 2.75) is 59.7 Å². The Morgan fingerprint density at radius 3 is 2.35 bits per heavy atom. The molecule has 2 aromatic rings. The molecule has 3 aliphatic rings. The predicted octanol–water partition coefficient (Wildman–Crippen LogP) is 4.54. The molecular formula is C24H24F5NO5S2. The summed E-state index contributed by atoms with van der Waals surface area (Å²) in [6.07, 6.45) is -4.63. The minimum Gasteiger partial charge on any atom is -0.490 e. The van der Waals surface area contributed by atoms with Crippen LogP contribution >= 0.6 is 0 Å². The lowest BCUT2D eigenvalue weighted by Gasteiger charge is -2.54. The first-order valence-electron chi connectivity index (χ1n) is 11.8. The van der Waals surface area contributed by atoms with Crippen molar-refractivity contribution >= 4 is 19.9 Å². The predicted molar refractivity (Wildman–Crippen MR) is 123 cm³/mol. The van der Waals surface area contributed by atoms with Crippen LogP contribution in [0.5, 0.6) is 5.75 Å². The largest absolute Gasteiger partial charge is 0.490 e. The van der Waals surface area contributed by atoms with Crippen molar-refractivity contribution in [3.8, 4) is 5.75 Å². The number of ether oxygens (including phenoxy) is 1. The number of hydrogen-bond donors (Lipinski definition) is 1. The molecule has 1 saturated heterocycles. The molecule has 13 heteroatoms. The van der Waals surface area contributed by atoms with E-state index in [-0.39, 0.29) is 32.3 Å². The molecule has 0 amide bonds. The summed E-state index contributed by atoms with van der Waals surface area (Å²) in [5.41, 5.74) is -1.55. The smallest absolute Gasteiger partial charge is 0.416 e. The molecule has 5 rings (SSSR count). The lowest BCUT2D eigenvalue weighted by molar-refractivity contribution is -0.137. The van der Waals surface area contributed by atoms with E-state index in [0.29, 0.717) is 12.1 Å². The summed E-state index contributed by atoms with van der Waals surface area (Å²) < 4.78 is 130. The molecule has 0 radical (unpaired) electrons. The van der Waals surface area contributed by atoms with E-state index in [0.717, 1.165) is 24.3 Å². The topological polar surface area (TPSA) is 89.5 Å². The second-order valence-corrected chi connectivity index (χ2v) is 14.0. The van der Waals surface area contributed by atoms with Gasteiger partial charge in [-0.25, -0.2) is 30.3 Å². The van der Waals surface area contributed by atoms with Crippen molar-refractivity contribution < 1.29 is 43.5 Å². The Balaban J connectivity index is 1.72. The number of nitrogens with one attached hydrogen (secondary N) is 1. The van der Waals surface area contributed by atoms with Crippen LogP contribution in [0.15, 0.2) is 41.3 Å². The molecule has 202 valence electrons. The fourth-order valence-electron chi connectivity index (χ4n) is 6.31. The van der Waals surface area contributed by atoms with Crippen LogP contribution in [0.1, 0.15) is 43.7 Å². The third-order valence-electron chi connectivity index (χ3n) is 8.06. The Bertz CT molecular complexity index is 1440. The fraction of sp³-hybridized carbons (Fsp3) is 0.500. The van der Waals surface area contributed by atoms with E-state index in [4.69, 9.17) is 4.74 Å². The van der Waals surface area contributed by atoms with E-state index in [1.54, 1.807) is 6.92 Å². The summed E-state index contributed by atoms with van der Waals surface area (Å²) in [4.78, 5) is -0.469. The van der Waals surface area contributed by atoms with Crippen LogP contribution in [0, 0.1) is 23.5 Å². The highest BCUT2D eigenvalue weighted by molar-refractivity contribution is 7.92. The Hall–Kier alpha value is -2.25. The van der Waals surface area contributed by atoms with Crippen molar-refractivity contribution in [2.24, 2.45) is 11.8 Å². The van der Waals surface area contributed by atoms with Crippen molar-refractivity contribution in [3.63, 3.8) is 0 Å². The van der Waals surface area contributed by atoms with Crippen LogP contribution in [0.2, 0.25) is 0 Å². The lowest BCUT2D eigenvalue weighted by Crippen LogP contribution is -2.63. The van der Waals surface area contributed by atoms with Crippen LogP contribution in [-0.4, -0.2) is 34.7 Å². The first-order valence-corrected chi connectivity index (χ1v) is 14.8. The van der Waals surface area contributed by atoms with E-state index in [1.807, 2.05) is 0 Å². The molecule has 1 N–H and O–H groups in total. The molecule has 1 aliphatic carbocycles. The van der Waals surface area contributed by atoms with Gasteiger partial charge in [-0.05, 0) is 68.0 Å². The Morgan fingerprint density at radius 1 is 1.08 bits per heavy atom. The first kappa shape index (κ1) is 26.4. The fourth-order valence-corrected chi connectivity index (χ4v) is 10.5. The van der Waals surface area contributed by atoms with Crippen LogP contribution in [0.3, 0.4) is 0 Å². The maximum atomic E-state index is 15.5. The molecule has 5 atom stereocenters. The molecule has 0 spiro atoms. The van der Waals surface area contributed by atoms with Gasteiger partial charge in [-0.15, -0.1) is 0 Å². The molecule has 1 saturated carbocycles. The van der Waals surface area contributed by atoms with E-state index in [9.17, 15) is 34.4 Å². The number of benzene rings is 2. The summed E-state index contributed by atoms with van der Waals surface area (Å²) in [7, 11) is -8.30. The Kier molecular flexibility index (Phi) is 6.15. The number of hydrogen-bond acceptors (Lipinski definition) is 5. The van der Waals surface area contributed by atoms with Gasteiger partial charge in [0, 0.05) is 12.0 Å². The second-order valence-electron chi connectivity index (χ2n) is 9.80. The molecule has 37 heavy (non-hydrogen) atoms. The third kappa shape index (κ3) is 3.87. The molecule has 2 heterocycles. The maximum absolute atomic E-state index is 15.5. The van der Waals surface area contributed by atoms with E-state index in [2.05, 4.69) is 4.72 Å². The molecular weight excluding hydrogens is 541 g/mol. The van der Waals surface area contributed by atoms with Gasteiger partial charge in [0.1, 0.15) is 10.6 Å². The number of fused-ring (bicyclic) bond motifs is 5. The van der Waals surface area contributed by atoms with Gasteiger partial charge >= 0.3 is 6.18 Å². The number of sulfone groups is 1. The van der Waals surface area contributed by atoms with Crippen molar-refractivity contribution in [2.75, 3.05) is 6.61 Å². The number of halogens is 5. The van der Waals surface area contributed by atoms with Gasteiger partial charge in [0.15, 0.2) is 21.4 Å². The summed E-state index contributed by atoms with van der Waals surface area (Å²) in [5, 5.41) is -0.822. The van der Waals surface area contributed by atoms with Crippen molar-refractivity contribution in [3.05, 3.63) is 59.2 Å². The zero-order chi connectivity index (χ0) is 27.0. The highest BCUT2D eigenvalue weighted by Crippen LogP contribution is 2.59. The summed E-state index contributed by atoms with van der Waals surface area (Å²) in [5.74, 6) is -4.11. The van der Waals surface area contributed by atoms with Crippen LogP contribution in [-0.2, 0) is 30.8 Å². The Labute approximate surface area is 211 Å². The van der Waals surface area contributed by atoms with Gasteiger partial charge in [-0.3, -0.25) is 0 Å². The number of rotatable bonds is 3. The van der Waals surface area contributed by atoms with E-state index >= 15 is 4.39 Å².